The second kappa shape index (κ2) is 14.3. The first-order valence-corrected chi connectivity index (χ1v) is 14.9. The van der Waals surface area contributed by atoms with Gasteiger partial charge in [-0.1, -0.05) is 82.7 Å². The lowest BCUT2D eigenvalue weighted by molar-refractivity contribution is -0.129. The lowest BCUT2D eigenvalue weighted by atomic mass is 9.84. The average Bonchev–Trinajstić information content (AvgIpc) is 3.42. The predicted molar refractivity (Wildman–Crippen MR) is 169 cm³/mol. The molecule has 1 amide bonds. The third-order valence-corrected chi connectivity index (χ3v) is 7.64. The van der Waals surface area contributed by atoms with Crippen LogP contribution in [0, 0.1) is 5.82 Å². The van der Waals surface area contributed by atoms with Crippen molar-refractivity contribution in [1.29, 1.82) is 0 Å². The van der Waals surface area contributed by atoms with E-state index in [2.05, 4.69) is 21.2 Å². The number of ether oxygens (including phenoxy) is 2. The summed E-state index contributed by atoms with van der Waals surface area (Å²) < 4.78 is 26.6. The molecule has 4 aromatic rings. The molecule has 0 radical (unpaired) electrons. The molecule has 4 aromatic carbocycles. The number of carbonyl (C=O) groups is 1. The zero-order valence-corrected chi connectivity index (χ0v) is 25.0. The molecule has 0 bridgehead atoms. The fourth-order valence-electron chi connectivity index (χ4n) is 4.83. The number of hydrogen-bond acceptors (Lipinski definition) is 5. The summed E-state index contributed by atoms with van der Waals surface area (Å²) in [6, 6.07) is 30.9. The van der Waals surface area contributed by atoms with Crippen molar-refractivity contribution in [1.82, 2.24) is 5.32 Å². The van der Waals surface area contributed by atoms with Gasteiger partial charge in [-0.2, -0.15) is 0 Å². The largest absolute Gasteiger partial charge is 0.494 e. The van der Waals surface area contributed by atoms with Crippen LogP contribution in [0.1, 0.15) is 41.2 Å². The SMILES string of the molecule is O=C(NCc1ccc(F)cc1)[C@]1(C/C=C/c2ccccc2)N=C(c2ccc(OCCCO)cc2)O[C@@H]1c1ccc(Br)cc1. The number of hydrogen-bond donors (Lipinski definition) is 2. The van der Waals surface area contributed by atoms with Crippen LogP contribution in [0.15, 0.2) is 119 Å². The van der Waals surface area contributed by atoms with Crippen molar-refractivity contribution in [2.75, 3.05) is 13.2 Å². The van der Waals surface area contributed by atoms with Crippen LogP contribution in [0.25, 0.3) is 6.08 Å². The van der Waals surface area contributed by atoms with Crippen LogP contribution >= 0.6 is 15.9 Å². The first-order chi connectivity index (χ1) is 21.0. The monoisotopic (exact) mass is 642 g/mol. The molecular weight excluding hydrogens is 611 g/mol. The van der Waals surface area contributed by atoms with Crippen LogP contribution in [-0.4, -0.2) is 35.7 Å². The summed E-state index contributed by atoms with van der Waals surface area (Å²) in [5.74, 6) is 0.367. The molecule has 0 aliphatic carbocycles. The lowest BCUT2D eigenvalue weighted by Gasteiger charge is -2.30. The highest BCUT2D eigenvalue weighted by Gasteiger charge is 2.52. The molecule has 0 aromatic heterocycles. The van der Waals surface area contributed by atoms with Gasteiger partial charge >= 0.3 is 0 Å². The summed E-state index contributed by atoms with van der Waals surface area (Å²) in [7, 11) is 0. The van der Waals surface area contributed by atoms with E-state index in [1.807, 2.05) is 91.0 Å². The molecule has 0 saturated carbocycles. The Morgan fingerprint density at radius 2 is 1.72 bits per heavy atom. The van der Waals surface area contributed by atoms with E-state index in [0.29, 0.717) is 30.2 Å². The van der Waals surface area contributed by atoms with Crippen LogP contribution in [0.3, 0.4) is 0 Å². The Balaban J connectivity index is 1.51. The average molecular weight is 644 g/mol. The summed E-state index contributed by atoms with van der Waals surface area (Å²) in [5, 5.41) is 12.1. The molecule has 6 nitrogen and oxygen atoms in total. The molecule has 1 aliphatic heterocycles. The van der Waals surface area contributed by atoms with Gasteiger partial charge in [0.2, 0.25) is 5.90 Å². The van der Waals surface area contributed by atoms with Gasteiger partial charge in [0.15, 0.2) is 11.6 Å². The highest BCUT2D eigenvalue weighted by Crippen LogP contribution is 2.43. The van der Waals surface area contributed by atoms with E-state index in [0.717, 1.165) is 21.2 Å². The summed E-state index contributed by atoms with van der Waals surface area (Å²) >= 11 is 3.50. The van der Waals surface area contributed by atoms with Gasteiger partial charge in [0.05, 0.1) is 6.61 Å². The minimum atomic E-state index is -1.33. The lowest BCUT2D eigenvalue weighted by Crippen LogP contribution is -2.47. The highest BCUT2D eigenvalue weighted by molar-refractivity contribution is 9.10. The predicted octanol–water partition coefficient (Wildman–Crippen LogP) is 7.03. The fourth-order valence-corrected chi connectivity index (χ4v) is 5.09. The number of halogens is 2. The first-order valence-electron chi connectivity index (χ1n) is 14.1. The van der Waals surface area contributed by atoms with E-state index >= 15 is 0 Å². The Bertz CT molecular complexity index is 1560. The van der Waals surface area contributed by atoms with Crippen LogP contribution in [-0.2, 0) is 16.1 Å². The molecule has 0 saturated heterocycles. The molecule has 0 unspecified atom stereocenters. The van der Waals surface area contributed by atoms with E-state index in [-0.39, 0.29) is 31.3 Å². The quantitative estimate of drug-likeness (QED) is 0.163. The van der Waals surface area contributed by atoms with Gasteiger partial charge in [-0.3, -0.25) is 4.79 Å². The fraction of sp³-hybridized carbons (Fsp3) is 0.200. The number of nitrogens with zero attached hydrogens (tertiary/aromatic N) is 1. The van der Waals surface area contributed by atoms with Gasteiger partial charge in [-0.25, -0.2) is 9.38 Å². The molecule has 220 valence electrons. The van der Waals surface area contributed by atoms with Gasteiger partial charge in [-0.15, -0.1) is 0 Å². The Morgan fingerprint density at radius 3 is 2.42 bits per heavy atom. The minimum absolute atomic E-state index is 0.0597. The number of amides is 1. The maximum atomic E-state index is 14.2. The Labute approximate surface area is 259 Å². The van der Waals surface area contributed by atoms with Crippen LogP contribution in [0.2, 0.25) is 0 Å². The van der Waals surface area contributed by atoms with Crippen molar-refractivity contribution in [3.63, 3.8) is 0 Å². The minimum Gasteiger partial charge on any atom is -0.494 e. The van der Waals surface area contributed by atoms with E-state index < -0.39 is 11.6 Å². The number of aliphatic imine (C=N–C) groups is 1. The van der Waals surface area contributed by atoms with Crippen LogP contribution < -0.4 is 10.1 Å². The molecule has 5 rings (SSSR count). The summed E-state index contributed by atoms with van der Waals surface area (Å²) in [4.78, 5) is 19.2. The van der Waals surface area contributed by atoms with Gasteiger partial charge in [0, 0.05) is 36.0 Å². The zero-order valence-electron chi connectivity index (χ0n) is 23.5. The van der Waals surface area contributed by atoms with E-state index in [1.54, 1.807) is 12.1 Å². The number of aliphatic hydroxyl groups is 1. The Kier molecular flexibility index (Phi) is 10.0. The van der Waals surface area contributed by atoms with Gasteiger partial charge in [0.25, 0.3) is 5.91 Å². The summed E-state index contributed by atoms with van der Waals surface area (Å²) in [5.41, 5.74) is 1.95. The van der Waals surface area contributed by atoms with Crippen molar-refractivity contribution < 1.29 is 23.8 Å². The standard InChI is InChI=1S/C35H32BrFN2O4/c36-29-15-11-27(12-16-29)32-35(21-4-8-25-6-2-1-3-7-25,34(41)38-24-26-9-17-30(37)18-10-26)39-33(43-32)28-13-19-31(20-14-28)42-23-5-22-40/h1-4,6-20,32,40H,5,21-24H2,(H,38,41)/b8-4+/t32-,35-/m1/s1. The summed E-state index contributed by atoms with van der Waals surface area (Å²) in [6.07, 6.45) is 4.01. The van der Waals surface area contributed by atoms with Gasteiger partial charge in [0.1, 0.15) is 11.6 Å². The second-order valence-electron chi connectivity index (χ2n) is 10.2. The third-order valence-electron chi connectivity index (χ3n) is 7.11. The normalized spacial score (nSPS) is 17.8. The van der Waals surface area contributed by atoms with Crippen LogP contribution in [0.4, 0.5) is 4.39 Å². The molecule has 8 heteroatoms. The van der Waals surface area contributed by atoms with Crippen molar-refractivity contribution in [3.05, 3.63) is 142 Å². The molecule has 2 N–H and O–H groups in total. The smallest absolute Gasteiger partial charge is 0.252 e. The Hall–Kier alpha value is -4.27. The number of aliphatic hydroxyl groups excluding tert-OH is 1. The molecule has 43 heavy (non-hydrogen) atoms. The topological polar surface area (TPSA) is 80.2 Å². The molecule has 1 heterocycles. The van der Waals surface area contributed by atoms with Crippen molar-refractivity contribution in [2.45, 2.75) is 31.0 Å². The van der Waals surface area contributed by atoms with Crippen molar-refractivity contribution >= 4 is 33.8 Å². The van der Waals surface area contributed by atoms with Gasteiger partial charge < -0.3 is 19.9 Å². The van der Waals surface area contributed by atoms with E-state index in [1.165, 1.54) is 12.1 Å². The second-order valence-corrected chi connectivity index (χ2v) is 11.1. The third kappa shape index (κ3) is 7.58. The number of rotatable bonds is 12. The van der Waals surface area contributed by atoms with E-state index in [4.69, 9.17) is 19.6 Å². The number of nitrogens with one attached hydrogen (secondary N) is 1. The first kappa shape index (κ1) is 30.2. The number of benzene rings is 4. The van der Waals surface area contributed by atoms with E-state index in [9.17, 15) is 9.18 Å². The zero-order chi connectivity index (χ0) is 30.1. The maximum Gasteiger partial charge on any atom is 0.252 e. The molecule has 0 spiro atoms. The molecule has 1 aliphatic rings. The molecule has 0 fully saturated rings. The van der Waals surface area contributed by atoms with Crippen LogP contribution in [0.5, 0.6) is 5.75 Å². The Morgan fingerprint density at radius 1 is 1.00 bits per heavy atom. The van der Waals surface area contributed by atoms with Gasteiger partial charge in [-0.05, 0) is 65.2 Å². The van der Waals surface area contributed by atoms with Crippen molar-refractivity contribution in [2.24, 2.45) is 4.99 Å². The molecular formula is C35H32BrFN2O4. The highest BCUT2D eigenvalue weighted by atomic mass is 79.9. The maximum absolute atomic E-state index is 14.2. The number of carbonyl (C=O) groups excluding carboxylic acids is 1. The van der Waals surface area contributed by atoms with Crippen molar-refractivity contribution in [3.8, 4) is 5.75 Å². The molecule has 2 atom stereocenters. The summed E-state index contributed by atoms with van der Waals surface area (Å²) in [6.45, 7) is 0.676.